The highest BCUT2D eigenvalue weighted by atomic mass is 16.4. The Hall–Kier alpha value is -2.76. The molecule has 0 spiro atoms. The molecule has 0 radical (unpaired) electrons. The van der Waals surface area contributed by atoms with E-state index in [4.69, 9.17) is 4.42 Å². The maximum Gasteiger partial charge on any atom is 0.336 e. The second kappa shape index (κ2) is 5.13. The van der Waals surface area contributed by atoms with E-state index in [0.717, 1.165) is 17.4 Å². The minimum atomic E-state index is -0.525. The predicted octanol–water partition coefficient (Wildman–Crippen LogP) is 2.21. The van der Waals surface area contributed by atoms with Gasteiger partial charge >= 0.3 is 5.63 Å². The summed E-state index contributed by atoms with van der Waals surface area (Å²) >= 11 is 0. The van der Waals surface area contributed by atoms with Crippen molar-refractivity contribution >= 4 is 34.3 Å². The fraction of sp³-hybridized carbons (Fsp3) is 0.400. The van der Waals surface area contributed by atoms with Gasteiger partial charge in [-0.25, -0.2) is 9.69 Å². The van der Waals surface area contributed by atoms with Crippen molar-refractivity contribution in [1.82, 2.24) is 0 Å². The fourth-order valence-electron chi connectivity index (χ4n) is 5.09. The number of fused-ring (bicyclic) bond motifs is 3. The Labute approximate surface area is 148 Å². The van der Waals surface area contributed by atoms with E-state index in [1.54, 1.807) is 18.2 Å². The van der Waals surface area contributed by atoms with Crippen LogP contribution in [-0.4, -0.2) is 17.6 Å². The van der Waals surface area contributed by atoms with Gasteiger partial charge in [-0.15, -0.1) is 0 Å². The monoisotopic (exact) mass is 351 g/mol. The molecule has 4 atom stereocenters. The zero-order valence-corrected chi connectivity index (χ0v) is 14.2. The maximum absolute atomic E-state index is 13.0. The van der Waals surface area contributed by atoms with Crippen LogP contribution in [0.4, 0.5) is 5.69 Å². The summed E-state index contributed by atoms with van der Waals surface area (Å²) in [5.74, 6) is -1.67. The number of benzene rings is 1. The van der Waals surface area contributed by atoms with Crippen LogP contribution < -0.4 is 10.5 Å². The van der Waals surface area contributed by atoms with Gasteiger partial charge in [0.2, 0.25) is 11.8 Å². The summed E-state index contributed by atoms with van der Waals surface area (Å²) in [6, 6.07) is 6.43. The molecule has 1 aliphatic heterocycles. The number of carbonyl (C=O) groups excluding carboxylic acids is 3. The first-order valence-corrected chi connectivity index (χ1v) is 8.91. The van der Waals surface area contributed by atoms with Crippen molar-refractivity contribution in [3.05, 3.63) is 40.2 Å². The van der Waals surface area contributed by atoms with Gasteiger partial charge < -0.3 is 4.42 Å². The van der Waals surface area contributed by atoms with Crippen LogP contribution in [0.25, 0.3) is 11.0 Å². The van der Waals surface area contributed by atoms with E-state index in [0.29, 0.717) is 24.1 Å². The van der Waals surface area contributed by atoms with E-state index in [-0.39, 0.29) is 35.4 Å². The van der Waals surface area contributed by atoms with Crippen LogP contribution in [0.15, 0.2) is 33.5 Å². The molecule has 26 heavy (non-hydrogen) atoms. The van der Waals surface area contributed by atoms with E-state index in [2.05, 4.69) is 0 Å². The van der Waals surface area contributed by atoms with Crippen molar-refractivity contribution in [2.45, 2.75) is 26.2 Å². The van der Waals surface area contributed by atoms with Crippen molar-refractivity contribution in [2.24, 2.45) is 23.7 Å². The van der Waals surface area contributed by atoms with Gasteiger partial charge in [-0.3, -0.25) is 14.4 Å². The topological polar surface area (TPSA) is 84.7 Å². The summed E-state index contributed by atoms with van der Waals surface area (Å²) < 4.78 is 5.24. The number of imide groups is 1. The molecule has 0 unspecified atom stereocenters. The third-order valence-electron chi connectivity index (χ3n) is 6.26. The summed E-state index contributed by atoms with van der Waals surface area (Å²) in [6.45, 7) is 1.81. The number of aryl methyl sites for hydroxylation is 1. The standard InChI is InChI=1S/C20H17NO5/c1-9-6-16(23)26-15-8-11(3-5-12(9)15)21-19(24)17-10-2-4-13(14(22)7-10)18(17)20(21)25/h3,5-6,8,10,13,17-18H,2,4,7H2,1H3/t10-,13+,17+,18-/m1/s1. The molecule has 6 nitrogen and oxygen atoms in total. The molecule has 6 heteroatoms. The van der Waals surface area contributed by atoms with Crippen LogP contribution in [0.2, 0.25) is 0 Å². The van der Waals surface area contributed by atoms with Crippen molar-refractivity contribution < 1.29 is 18.8 Å². The first-order chi connectivity index (χ1) is 12.5. The number of amides is 2. The summed E-state index contributed by atoms with van der Waals surface area (Å²) in [7, 11) is 0. The highest BCUT2D eigenvalue weighted by Gasteiger charge is 2.60. The molecule has 132 valence electrons. The summed E-state index contributed by atoms with van der Waals surface area (Å²) in [6.07, 6.45) is 1.93. The second-order valence-electron chi connectivity index (χ2n) is 7.61. The first kappa shape index (κ1) is 15.5. The molecular formula is C20H17NO5. The fourth-order valence-corrected chi connectivity index (χ4v) is 5.09. The number of nitrogens with zero attached hydrogens (tertiary/aromatic N) is 1. The van der Waals surface area contributed by atoms with Crippen LogP contribution in [0.1, 0.15) is 24.8 Å². The number of ketones is 1. The largest absolute Gasteiger partial charge is 0.423 e. The normalized spacial score (nSPS) is 30.3. The SMILES string of the molecule is Cc1cc(=O)oc2cc(N3C(=O)[C@H]4[C@@H]5CC[C@@H](C(=O)C5)[C@H]4C3=O)ccc12. The molecule has 4 fully saturated rings. The van der Waals surface area contributed by atoms with Crippen LogP contribution in [0.3, 0.4) is 0 Å². The van der Waals surface area contributed by atoms with Gasteiger partial charge in [0.05, 0.1) is 17.5 Å². The van der Waals surface area contributed by atoms with Crippen molar-refractivity contribution in [3.63, 3.8) is 0 Å². The van der Waals surface area contributed by atoms with E-state index < -0.39 is 11.5 Å². The lowest BCUT2D eigenvalue weighted by molar-refractivity contribution is -0.143. The molecule has 0 N–H and O–H groups in total. The maximum atomic E-state index is 13.0. The summed E-state index contributed by atoms with van der Waals surface area (Å²) in [5, 5.41) is 0.764. The third-order valence-corrected chi connectivity index (χ3v) is 6.26. The van der Waals surface area contributed by atoms with Gasteiger partial charge in [0.15, 0.2) is 0 Å². The van der Waals surface area contributed by atoms with Gasteiger partial charge in [-0.05, 0) is 43.4 Å². The van der Waals surface area contributed by atoms with E-state index >= 15 is 0 Å². The zero-order chi connectivity index (χ0) is 18.2. The molecule has 2 heterocycles. The Morgan fingerprint density at radius 3 is 2.54 bits per heavy atom. The van der Waals surface area contributed by atoms with Gasteiger partial charge in [-0.2, -0.15) is 0 Å². The minimum absolute atomic E-state index is 0.0282. The van der Waals surface area contributed by atoms with Gasteiger partial charge in [0.25, 0.3) is 0 Å². The number of carbonyl (C=O) groups is 3. The Morgan fingerprint density at radius 2 is 1.77 bits per heavy atom. The molecule has 1 aromatic heterocycles. The lowest BCUT2D eigenvalue weighted by Crippen LogP contribution is -2.46. The number of anilines is 1. The van der Waals surface area contributed by atoms with Gasteiger partial charge in [0, 0.05) is 29.9 Å². The molecule has 3 saturated carbocycles. The first-order valence-electron chi connectivity index (χ1n) is 8.91. The van der Waals surface area contributed by atoms with E-state index in [1.807, 2.05) is 6.92 Å². The number of hydrogen-bond acceptors (Lipinski definition) is 5. The van der Waals surface area contributed by atoms with Crippen molar-refractivity contribution in [2.75, 3.05) is 4.90 Å². The smallest absolute Gasteiger partial charge is 0.336 e. The Bertz CT molecular complexity index is 1050. The number of hydrogen-bond donors (Lipinski definition) is 0. The zero-order valence-electron chi connectivity index (χ0n) is 14.2. The number of Topliss-reactive ketones (excluding diaryl/α,β-unsaturated/α-hetero) is 1. The highest BCUT2D eigenvalue weighted by molar-refractivity contribution is 6.24. The van der Waals surface area contributed by atoms with E-state index in [1.165, 1.54) is 11.0 Å². The molecule has 1 saturated heterocycles. The van der Waals surface area contributed by atoms with Gasteiger partial charge in [-0.1, -0.05) is 0 Å². The molecule has 2 amide bonds. The van der Waals surface area contributed by atoms with E-state index in [9.17, 15) is 19.2 Å². The van der Waals surface area contributed by atoms with Crippen LogP contribution in [-0.2, 0) is 14.4 Å². The average Bonchev–Trinajstić information content (AvgIpc) is 2.87. The third kappa shape index (κ3) is 1.92. The molecule has 2 aromatic rings. The molecule has 6 rings (SSSR count). The Kier molecular flexibility index (Phi) is 3.05. The quantitative estimate of drug-likeness (QED) is 0.581. The van der Waals surface area contributed by atoms with Crippen molar-refractivity contribution in [3.8, 4) is 0 Å². The van der Waals surface area contributed by atoms with Crippen molar-refractivity contribution in [1.29, 1.82) is 0 Å². The molecular weight excluding hydrogens is 334 g/mol. The summed E-state index contributed by atoms with van der Waals surface area (Å²) in [4.78, 5) is 51.1. The highest BCUT2D eigenvalue weighted by Crippen LogP contribution is 2.52. The Balaban J connectivity index is 1.62. The molecule has 4 aliphatic rings. The van der Waals surface area contributed by atoms with Gasteiger partial charge in [0.1, 0.15) is 11.4 Å². The molecule has 1 aromatic carbocycles. The van der Waals surface area contributed by atoms with Crippen LogP contribution in [0, 0.1) is 30.6 Å². The van der Waals surface area contributed by atoms with Crippen LogP contribution >= 0.6 is 0 Å². The second-order valence-corrected chi connectivity index (χ2v) is 7.61. The Morgan fingerprint density at radius 1 is 1.00 bits per heavy atom. The average molecular weight is 351 g/mol. The lowest BCUT2D eigenvalue weighted by Gasteiger charge is -2.41. The number of rotatable bonds is 1. The van der Waals surface area contributed by atoms with Crippen LogP contribution in [0.5, 0.6) is 0 Å². The predicted molar refractivity (Wildman–Crippen MR) is 92.5 cm³/mol. The minimum Gasteiger partial charge on any atom is -0.423 e. The summed E-state index contributed by atoms with van der Waals surface area (Å²) in [5.41, 5.74) is 1.06. The molecule has 2 bridgehead atoms. The molecule has 3 aliphatic carbocycles. The lowest BCUT2D eigenvalue weighted by atomic mass is 9.59.